The molecule has 0 fully saturated rings. The summed E-state index contributed by atoms with van der Waals surface area (Å²) in [5.74, 6) is -1.74. The minimum Gasteiger partial charge on any atom is -0.507 e. The highest BCUT2D eigenvalue weighted by atomic mass is 19.4. The Balaban J connectivity index is 2.22. The van der Waals surface area contributed by atoms with E-state index in [9.17, 15) is 23.1 Å². The van der Waals surface area contributed by atoms with E-state index in [4.69, 9.17) is 10.0 Å². The Kier molecular flexibility index (Phi) is 6.81. The number of hydrogen-bond acceptors (Lipinski definition) is 7. The molecule has 0 aliphatic heterocycles. The molecule has 154 valence electrons. The number of alkyl halides is 3. The molecule has 0 bridgehead atoms. The van der Waals surface area contributed by atoms with Crippen LogP contribution in [0.25, 0.3) is 0 Å². The third-order valence-corrected chi connectivity index (χ3v) is 3.89. The summed E-state index contributed by atoms with van der Waals surface area (Å²) in [4.78, 5) is 16.9. The molecule has 2 aromatic carbocycles. The van der Waals surface area contributed by atoms with E-state index in [1.54, 1.807) is 18.2 Å². The number of aromatic hydroxyl groups is 1. The zero-order valence-electron chi connectivity index (χ0n) is 15.4. The van der Waals surface area contributed by atoms with Crippen LogP contribution in [0.2, 0.25) is 0 Å². The highest BCUT2D eigenvalue weighted by Crippen LogP contribution is 2.36. The minimum atomic E-state index is -4.71. The smallest absolute Gasteiger partial charge is 0.419 e. The largest absolute Gasteiger partial charge is 0.507 e. The van der Waals surface area contributed by atoms with Crippen LogP contribution in [0.3, 0.4) is 0 Å². The predicted molar refractivity (Wildman–Crippen MR) is 96.9 cm³/mol. The van der Waals surface area contributed by atoms with Gasteiger partial charge in [-0.2, -0.15) is 13.2 Å². The van der Waals surface area contributed by atoms with Gasteiger partial charge in [0.15, 0.2) is 5.71 Å². The van der Waals surface area contributed by atoms with E-state index in [0.717, 1.165) is 19.2 Å². The first-order valence-electron chi connectivity index (χ1n) is 8.14. The Morgan fingerprint density at radius 2 is 1.86 bits per heavy atom. The molecular weight excluding hydrogens is 393 g/mol. The van der Waals surface area contributed by atoms with Crippen molar-refractivity contribution in [2.45, 2.75) is 19.7 Å². The van der Waals surface area contributed by atoms with Crippen LogP contribution in [0.1, 0.15) is 29.2 Å². The van der Waals surface area contributed by atoms with E-state index in [1.165, 1.54) is 19.1 Å². The van der Waals surface area contributed by atoms with Gasteiger partial charge in [0, 0.05) is 11.1 Å². The summed E-state index contributed by atoms with van der Waals surface area (Å²) in [5, 5.41) is 25.2. The maximum absolute atomic E-state index is 12.9. The standard InChI is InChI=1S/C19H17F3N2O5/c1-11(12-7-8-16(25)15(9-12)19(20,21)22)24-29-10-13-5-3-4-6-14(13)17(23-27)18(26)28-2/h3-9,25,27H,10H2,1-2H3/b23-17+,24-11-. The van der Waals surface area contributed by atoms with Crippen LogP contribution in [0.15, 0.2) is 52.8 Å². The van der Waals surface area contributed by atoms with Gasteiger partial charge in [-0.3, -0.25) is 0 Å². The van der Waals surface area contributed by atoms with Crippen molar-refractivity contribution in [1.82, 2.24) is 0 Å². The number of phenolic OH excluding ortho intramolecular Hbond substituents is 1. The maximum atomic E-state index is 12.9. The number of rotatable bonds is 6. The van der Waals surface area contributed by atoms with Gasteiger partial charge in [-0.25, -0.2) is 4.79 Å². The van der Waals surface area contributed by atoms with Crippen molar-refractivity contribution in [3.8, 4) is 5.75 Å². The molecule has 0 amide bonds. The van der Waals surface area contributed by atoms with E-state index in [1.807, 2.05) is 0 Å². The number of carbonyl (C=O) groups is 1. The van der Waals surface area contributed by atoms with Crippen molar-refractivity contribution >= 4 is 17.4 Å². The van der Waals surface area contributed by atoms with Gasteiger partial charge < -0.3 is 19.9 Å². The van der Waals surface area contributed by atoms with Crippen LogP contribution >= 0.6 is 0 Å². The van der Waals surface area contributed by atoms with Crippen molar-refractivity contribution in [2.75, 3.05) is 7.11 Å². The number of hydrogen-bond donors (Lipinski definition) is 2. The summed E-state index contributed by atoms with van der Waals surface area (Å²) >= 11 is 0. The van der Waals surface area contributed by atoms with E-state index in [0.29, 0.717) is 5.56 Å². The third kappa shape index (κ3) is 5.24. The Morgan fingerprint density at radius 3 is 2.48 bits per heavy atom. The average molecular weight is 410 g/mol. The molecule has 2 aromatic rings. The monoisotopic (exact) mass is 410 g/mol. The first-order valence-corrected chi connectivity index (χ1v) is 8.14. The Hall–Kier alpha value is -3.56. The van der Waals surface area contributed by atoms with Gasteiger partial charge in [0.1, 0.15) is 12.4 Å². The second-order valence-corrected chi connectivity index (χ2v) is 5.78. The Morgan fingerprint density at radius 1 is 1.17 bits per heavy atom. The van der Waals surface area contributed by atoms with Crippen molar-refractivity contribution in [2.24, 2.45) is 10.3 Å². The van der Waals surface area contributed by atoms with E-state index in [2.05, 4.69) is 15.0 Å². The van der Waals surface area contributed by atoms with E-state index in [-0.39, 0.29) is 29.2 Å². The van der Waals surface area contributed by atoms with Gasteiger partial charge >= 0.3 is 12.1 Å². The lowest BCUT2D eigenvalue weighted by atomic mass is 10.0. The van der Waals surface area contributed by atoms with Gasteiger partial charge in [0.05, 0.1) is 18.4 Å². The summed E-state index contributed by atoms with van der Waals surface area (Å²) in [6, 6.07) is 9.32. The van der Waals surface area contributed by atoms with Crippen LogP contribution < -0.4 is 0 Å². The molecule has 0 saturated heterocycles. The first kappa shape index (κ1) is 21.7. The predicted octanol–water partition coefficient (Wildman–Crippen LogP) is 3.70. The van der Waals surface area contributed by atoms with Crippen molar-refractivity contribution in [3.05, 3.63) is 64.7 Å². The van der Waals surface area contributed by atoms with Crippen LogP contribution in [-0.4, -0.2) is 34.8 Å². The minimum absolute atomic E-state index is 0.107. The molecule has 2 rings (SSSR count). The quantitative estimate of drug-likeness (QED) is 0.327. The SMILES string of the molecule is COC(=O)/C(=N/O)c1ccccc1CO/N=C(/C)c1ccc(O)c(C(F)(F)F)c1. The topological polar surface area (TPSA) is 101 Å². The van der Waals surface area contributed by atoms with E-state index >= 15 is 0 Å². The fraction of sp³-hybridized carbons (Fsp3) is 0.211. The molecule has 0 heterocycles. The fourth-order valence-electron chi connectivity index (χ4n) is 2.42. The normalized spacial score (nSPS) is 12.6. The maximum Gasteiger partial charge on any atom is 0.419 e. The third-order valence-electron chi connectivity index (χ3n) is 3.89. The fourth-order valence-corrected chi connectivity index (χ4v) is 2.42. The van der Waals surface area contributed by atoms with Crippen molar-refractivity contribution in [3.63, 3.8) is 0 Å². The summed E-state index contributed by atoms with van der Waals surface area (Å²) in [6.45, 7) is 1.28. The number of oxime groups is 2. The summed E-state index contributed by atoms with van der Waals surface area (Å²) in [6.07, 6.45) is -4.71. The van der Waals surface area contributed by atoms with Gasteiger partial charge in [-0.05, 0) is 30.7 Å². The molecule has 2 N–H and O–H groups in total. The van der Waals surface area contributed by atoms with Crippen LogP contribution in [-0.2, 0) is 27.2 Å². The lowest BCUT2D eigenvalue weighted by molar-refractivity contribution is -0.138. The number of esters is 1. The van der Waals surface area contributed by atoms with Crippen LogP contribution in [0, 0.1) is 0 Å². The van der Waals surface area contributed by atoms with Gasteiger partial charge in [0.25, 0.3) is 0 Å². The van der Waals surface area contributed by atoms with Crippen molar-refractivity contribution < 1.29 is 37.9 Å². The number of ether oxygens (including phenoxy) is 1. The second-order valence-electron chi connectivity index (χ2n) is 5.78. The lowest BCUT2D eigenvalue weighted by Gasteiger charge is -2.11. The zero-order chi connectivity index (χ0) is 21.6. The Bertz CT molecular complexity index is 955. The van der Waals surface area contributed by atoms with Gasteiger partial charge in [0.2, 0.25) is 0 Å². The summed E-state index contributed by atoms with van der Waals surface area (Å²) < 4.78 is 43.3. The molecule has 29 heavy (non-hydrogen) atoms. The molecule has 0 aliphatic rings. The summed E-state index contributed by atoms with van der Waals surface area (Å²) in [5.41, 5.74) is -0.590. The highest BCUT2D eigenvalue weighted by Gasteiger charge is 2.34. The molecule has 0 aliphatic carbocycles. The first-order chi connectivity index (χ1) is 13.7. The van der Waals surface area contributed by atoms with E-state index < -0.39 is 23.5 Å². The zero-order valence-corrected chi connectivity index (χ0v) is 15.4. The molecule has 0 spiro atoms. The number of phenols is 1. The molecule has 0 atom stereocenters. The van der Waals surface area contributed by atoms with Crippen LogP contribution in [0.4, 0.5) is 13.2 Å². The summed E-state index contributed by atoms with van der Waals surface area (Å²) in [7, 11) is 1.13. The lowest BCUT2D eigenvalue weighted by Crippen LogP contribution is -2.19. The number of nitrogens with zero attached hydrogens (tertiary/aromatic N) is 2. The molecule has 0 aromatic heterocycles. The number of carbonyl (C=O) groups excluding carboxylic acids is 1. The van der Waals surface area contributed by atoms with Gasteiger partial charge in [-0.15, -0.1) is 0 Å². The highest BCUT2D eigenvalue weighted by molar-refractivity contribution is 6.43. The number of methoxy groups -OCH3 is 1. The second kappa shape index (κ2) is 9.09. The van der Waals surface area contributed by atoms with Gasteiger partial charge in [-0.1, -0.05) is 34.6 Å². The number of halogens is 3. The molecule has 0 unspecified atom stereocenters. The molecule has 0 saturated carbocycles. The van der Waals surface area contributed by atoms with Crippen molar-refractivity contribution in [1.29, 1.82) is 0 Å². The Labute approximate surface area is 163 Å². The molecule has 10 heteroatoms. The molecular formula is C19H17F3N2O5. The molecule has 7 nitrogen and oxygen atoms in total. The number of benzene rings is 2. The van der Waals surface area contributed by atoms with Crippen LogP contribution in [0.5, 0.6) is 5.75 Å². The average Bonchev–Trinajstić information content (AvgIpc) is 2.68. The molecule has 0 radical (unpaired) electrons.